The van der Waals surface area contributed by atoms with Crippen LogP contribution < -0.4 is 0 Å². The molecule has 0 radical (unpaired) electrons. The van der Waals surface area contributed by atoms with Crippen molar-refractivity contribution in [3.8, 4) is 0 Å². The Bertz CT molecular complexity index is 230. The maximum Gasteiger partial charge on any atom is 0.312 e. The van der Waals surface area contributed by atoms with Gasteiger partial charge in [0.25, 0.3) is 0 Å². The van der Waals surface area contributed by atoms with Gasteiger partial charge in [-0.05, 0) is 6.42 Å². The molecule has 3 aliphatic rings. The number of carbonyl (C=O) groups is 1. The molecule has 2 bridgehead atoms. The minimum atomic E-state index is -0.0401. The van der Waals surface area contributed by atoms with Crippen LogP contribution in [0.1, 0.15) is 6.42 Å². The number of halogens is 1. The number of fused-ring (bicyclic) bond motifs is 1. The van der Waals surface area contributed by atoms with Gasteiger partial charge in [-0.25, -0.2) is 0 Å². The van der Waals surface area contributed by atoms with Crippen LogP contribution in [0.25, 0.3) is 0 Å². The fraction of sp³-hybridized carbons (Fsp3) is 0.857. The average molecular weight is 266 g/mol. The van der Waals surface area contributed by atoms with Crippen LogP contribution in [0.15, 0.2) is 0 Å². The second kappa shape index (κ2) is 1.90. The summed E-state index contributed by atoms with van der Waals surface area (Å²) in [5.74, 6) is 0.0256. The molecule has 5 atom stereocenters. The van der Waals surface area contributed by atoms with Crippen molar-refractivity contribution in [3.63, 3.8) is 0 Å². The van der Waals surface area contributed by atoms with E-state index < -0.39 is 0 Å². The number of rotatable bonds is 0. The predicted octanol–water partition coefficient (Wildman–Crippen LogP) is 0.503. The molecule has 0 saturated carbocycles. The Labute approximate surface area is 77.6 Å². The maximum absolute atomic E-state index is 11.1. The largest absolute Gasteiger partial charge is 0.458 e. The minimum Gasteiger partial charge on any atom is -0.458 e. The molecule has 60 valence electrons. The van der Waals surface area contributed by atoms with Crippen molar-refractivity contribution in [2.75, 3.05) is 0 Å². The van der Waals surface area contributed by atoms with Crippen LogP contribution in [0.3, 0.4) is 0 Å². The second-order valence-electron chi connectivity index (χ2n) is 3.33. The third-order valence-corrected chi connectivity index (χ3v) is 4.27. The van der Waals surface area contributed by atoms with Crippen LogP contribution in [-0.4, -0.2) is 28.2 Å². The van der Waals surface area contributed by atoms with Crippen molar-refractivity contribution in [1.29, 1.82) is 0 Å². The lowest BCUT2D eigenvalue weighted by molar-refractivity contribution is -0.143. The highest BCUT2D eigenvalue weighted by Gasteiger charge is 2.62. The zero-order chi connectivity index (χ0) is 7.59. The molecule has 0 aromatic heterocycles. The molecule has 3 nitrogen and oxygen atoms in total. The van der Waals surface area contributed by atoms with Gasteiger partial charge in [-0.2, -0.15) is 0 Å². The molecule has 11 heavy (non-hydrogen) atoms. The molecule has 4 heteroatoms. The van der Waals surface area contributed by atoms with Gasteiger partial charge in [-0.1, -0.05) is 22.6 Å². The van der Waals surface area contributed by atoms with E-state index in [0.717, 1.165) is 6.42 Å². The lowest BCUT2D eigenvalue weighted by Gasteiger charge is -2.14. The highest BCUT2D eigenvalue weighted by Crippen LogP contribution is 2.48. The highest BCUT2D eigenvalue weighted by atomic mass is 127. The van der Waals surface area contributed by atoms with Gasteiger partial charge >= 0.3 is 5.97 Å². The topological polar surface area (TPSA) is 35.5 Å². The fourth-order valence-corrected chi connectivity index (χ4v) is 3.24. The molecular weight excluding hydrogens is 259 g/mol. The highest BCUT2D eigenvalue weighted by molar-refractivity contribution is 14.1. The van der Waals surface area contributed by atoms with Crippen molar-refractivity contribution in [2.24, 2.45) is 5.92 Å². The summed E-state index contributed by atoms with van der Waals surface area (Å²) in [6, 6.07) is 0. The Morgan fingerprint density at radius 1 is 1.45 bits per heavy atom. The fourth-order valence-electron chi connectivity index (χ4n) is 2.22. The summed E-state index contributed by atoms with van der Waals surface area (Å²) in [4.78, 5) is 11.1. The van der Waals surface area contributed by atoms with E-state index in [0.29, 0.717) is 3.92 Å². The first-order chi connectivity index (χ1) is 5.27. The van der Waals surface area contributed by atoms with Gasteiger partial charge in [0, 0.05) is 0 Å². The number of hydrogen-bond acceptors (Lipinski definition) is 3. The summed E-state index contributed by atoms with van der Waals surface area (Å²) in [6.07, 6.45) is 1.32. The van der Waals surface area contributed by atoms with Gasteiger partial charge in [-0.3, -0.25) is 4.79 Å². The SMILES string of the molecule is O=C1O[C@@H]2[C@@H](I)[C@@H]3C[C@H]1[C@H]2O3. The normalized spacial score (nSPS) is 58.6. The third-order valence-electron chi connectivity index (χ3n) is 2.76. The average Bonchev–Trinajstić information content (AvgIpc) is 2.53. The summed E-state index contributed by atoms with van der Waals surface area (Å²) in [6.45, 7) is 0. The van der Waals surface area contributed by atoms with Gasteiger partial charge < -0.3 is 9.47 Å². The van der Waals surface area contributed by atoms with Crippen molar-refractivity contribution in [3.05, 3.63) is 0 Å². The van der Waals surface area contributed by atoms with Crippen LogP contribution in [0.2, 0.25) is 0 Å². The first kappa shape index (κ1) is 6.65. The molecule has 0 aromatic rings. The Hall–Kier alpha value is 0.160. The molecule has 0 aliphatic carbocycles. The van der Waals surface area contributed by atoms with E-state index in [1.54, 1.807) is 0 Å². The number of esters is 1. The molecule has 3 saturated heterocycles. The van der Waals surface area contributed by atoms with E-state index in [2.05, 4.69) is 22.6 Å². The van der Waals surface area contributed by atoms with Gasteiger partial charge in [0.15, 0.2) is 0 Å². The van der Waals surface area contributed by atoms with Gasteiger partial charge in [-0.15, -0.1) is 0 Å². The zero-order valence-corrected chi connectivity index (χ0v) is 7.85. The van der Waals surface area contributed by atoms with Crippen LogP contribution in [0.5, 0.6) is 0 Å². The molecule has 0 spiro atoms. The van der Waals surface area contributed by atoms with Crippen LogP contribution in [-0.2, 0) is 14.3 Å². The Morgan fingerprint density at radius 3 is 2.91 bits per heavy atom. The number of hydrogen-bond donors (Lipinski definition) is 0. The van der Waals surface area contributed by atoms with E-state index >= 15 is 0 Å². The van der Waals surface area contributed by atoms with Crippen LogP contribution in [0.4, 0.5) is 0 Å². The summed E-state index contributed by atoms with van der Waals surface area (Å²) >= 11 is 2.32. The lowest BCUT2D eigenvalue weighted by Crippen LogP contribution is -2.31. The van der Waals surface area contributed by atoms with Crippen LogP contribution >= 0.6 is 22.6 Å². The smallest absolute Gasteiger partial charge is 0.312 e. The number of carbonyl (C=O) groups excluding carboxylic acids is 1. The third kappa shape index (κ3) is 0.654. The molecule has 0 amide bonds. The van der Waals surface area contributed by atoms with E-state index in [1.807, 2.05) is 0 Å². The monoisotopic (exact) mass is 266 g/mol. The van der Waals surface area contributed by atoms with Crippen molar-refractivity contribution < 1.29 is 14.3 Å². The van der Waals surface area contributed by atoms with Gasteiger partial charge in [0.1, 0.15) is 12.2 Å². The first-order valence-corrected chi connectivity index (χ1v) is 5.02. The van der Waals surface area contributed by atoms with Gasteiger partial charge in [0.2, 0.25) is 0 Å². The molecule has 0 aromatic carbocycles. The lowest BCUT2D eigenvalue weighted by atomic mass is 9.90. The van der Waals surface area contributed by atoms with Gasteiger partial charge in [0.05, 0.1) is 15.9 Å². The quantitative estimate of drug-likeness (QED) is 0.364. The van der Waals surface area contributed by atoms with E-state index in [4.69, 9.17) is 9.47 Å². The molecule has 0 unspecified atom stereocenters. The maximum atomic E-state index is 11.1. The molecule has 3 aliphatic heterocycles. The summed E-state index contributed by atoms with van der Waals surface area (Å²) < 4.78 is 11.2. The van der Waals surface area contributed by atoms with Crippen molar-refractivity contribution in [1.82, 2.24) is 0 Å². The minimum absolute atomic E-state index is 0.0401. The zero-order valence-electron chi connectivity index (χ0n) is 5.70. The molecular formula is C7H7IO3. The predicted molar refractivity (Wildman–Crippen MR) is 44.5 cm³/mol. The molecule has 3 rings (SSSR count). The van der Waals surface area contributed by atoms with Crippen molar-refractivity contribution >= 4 is 28.6 Å². The van der Waals surface area contributed by atoms with E-state index in [-0.39, 0.29) is 30.2 Å². The number of ether oxygens (including phenoxy) is 2. The Kier molecular flexibility index (Phi) is 1.15. The van der Waals surface area contributed by atoms with E-state index in [1.165, 1.54) is 0 Å². The Balaban J connectivity index is 2.04. The summed E-state index contributed by atoms with van der Waals surface area (Å²) in [5, 5.41) is 0. The molecule has 3 heterocycles. The summed E-state index contributed by atoms with van der Waals surface area (Å²) in [5.41, 5.74) is 0. The first-order valence-electron chi connectivity index (χ1n) is 3.77. The standard InChI is InChI=1S/C7H7IO3/c8-4-3-1-2-5(10-3)6(4)11-7(2)9/h2-6H,1H2/t2-,3-,4-,5+,6+/m0/s1. The summed E-state index contributed by atoms with van der Waals surface area (Å²) in [7, 11) is 0. The number of alkyl halides is 1. The van der Waals surface area contributed by atoms with Crippen molar-refractivity contribution in [2.45, 2.75) is 28.7 Å². The Morgan fingerprint density at radius 2 is 2.27 bits per heavy atom. The van der Waals surface area contributed by atoms with E-state index in [9.17, 15) is 4.79 Å². The van der Waals surface area contributed by atoms with Crippen LogP contribution in [0, 0.1) is 5.92 Å². The second-order valence-corrected chi connectivity index (χ2v) is 4.77. The molecule has 3 fully saturated rings. The molecule has 0 N–H and O–H groups in total.